The molecular formula is C19H20N4O4S3. The Hall–Kier alpha value is -2.50. The average molecular weight is 465 g/mol. The van der Waals surface area contributed by atoms with Crippen LogP contribution in [0.1, 0.15) is 12.8 Å². The molecule has 0 aliphatic carbocycles. The van der Waals surface area contributed by atoms with Crippen LogP contribution in [0.15, 0.2) is 40.6 Å². The Bertz CT molecular complexity index is 1180. The summed E-state index contributed by atoms with van der Waals surface area (Å²) in [6.45, 7) is 1.01. The zero-order valence-corrected chi connectivity index (χ0v) is 18.6. The number of nitrogens with one attached hydrogen (secondary N) is 2. The van der Waals surface area contributed by atoms with Crippen molar-refractivity contribution in [2.24, 2.45) is 5.92 Å². The SMILES string of the molecule is CS(=O)(=O)c1ccc2nc(NC(=O)C3CCN(C(=O)Nc4cccs4)CC3)sc2c1. The van der Waals surface area contributed by atoms with Crippen molar-refractivity contribution in [2.45, 2.75) is 17.7 Å². The van der Waals surface area contributed by atoms with Crippen molar-refractivity contribution in [2.75, 3.05) is 30.0 Å². The molecule has 0 saturated carbocycles. The van der Waals surface area contributed by atoms with Crippen LogP contribution in [0, 0.1) is 5.92 Å². The van der Waals surface area contributed by atoms with Crippen LogP contribution in [0.3, 0.4) is 0 Å². The number of benzene rings is 1. The smallest absolute Gasteiger partial charge is 0.322 e. The average Bonchev–Trinajstić information content (AvgIpc) is 3.35. The molecule has 30 heavy (non-hydrogen) atoms. The molecule has 158 valence electrons. The molecule has 1 aliphatic heterocycles. The third-order valence-corrected chi connectivity index (χ3v) is 7.75. The van der Waals surface area contributed by atoms with E-state index in [-0.39, 0.29) is 22.8 Å². The molecular weight excluding hydrogens is 444 g/mol. The van der Waals surface area contributed by atoms with Gasteiger partial charge in [-0.05, 0) is 48.6 Å². The Morgan fingerprint density at radius 2 is 1.93 bits per heavy atom. The van der Waals surface area contributed by atoms with E-state index in [0.717, 1.165) is 11.3 Å². The van der Waals surface area contributed by atoms with E-state index < -0.39 is 9.84 Å². The molecule has 1 saturated heterocycles. The van der Waals surface area contributed by atoms with Gasteiger partial charge in [0.2, 0.25) is 5.91 Å². The number of thiophene rings is 1. The third-order valence-electron chi connectivity index (χ3n) is 4.92. The van der Waals surface area contributed by atoms with Gasteiger partial charge in [-0.3, -0.25) is 10.1 Å². The molecule has 0 atom stereocenters. The molecule has 11 heteroatoms. The number of hydrogen-bond acceptors (Lipinski definition) is 7. The molecule has 1 aromatic carbocycles. The molecule has 4 rings (SSSR count). The molecule has 3 amide bonds. The minimum atomic E-state index is -3.30. The first-order valence-electron chi connectivity index (χ1n) is 9.30. The maximum atomic E-state index is 12.6. The normalized spacial score (nSPS) is 15.3. The third kappa shape index (κ3) is 4.63. The second-order valence-electron chi connectivity index (χ2n) is 7.08. The highest BCUT2D eigenvalue weighted by Gasteiger charge is 2.28. The topological polar surface area (TPSA) is 108 Å². The predicted molar refractivity (Wildman–Crippen MR) is 119 cm³/mol. The van der Waals surface area contributed by atoms with Crippen molar-refractivity contribution in [1.29, 1.82) is 0 Å². The highest BCUT2D eigenvalue weighted by atomic mass is 32.2. The number of fused-ring (bicyclic) bond motifs is 1. The fraction of sp³-hybridized carbons (Fsp3) is 0.316. The summed E-state index contributed by atoms with van der Waals surface area (Å²) in [4.78, 5) is 31.3. The van der Waals surface area contributed by atoms with Gasteiger partial charge in [0.1, 0.15) is 0 Å². The molecule has 2 aromatic heterocycles. The van der Waals surface area contributed by atoms with E-state index in [0.29, 0.717) is 41.3 Å². The van der Waals surface area contributed by atoms with Crippen LogP contribution in [0.25, 0.3) is 10.2 Å². The van der Waals surface area contributed by atoms with Gasteiger partial charge in [-0.25, -0.2) is 18.2 Å². The van der Waals surface area contributed by atoms with Crippen LogP contribution in [-0.4, -0.2) is 49.6 Å². The van der Waals surface area contributed by atoms with E-state index in [4.69, 9.17) is 0 Å². The summed E-state index contributed by atoms with van der Waals surface area (Å²) in [5.74, 6) is -0.329. The van der Waals surface area contributed by atoms with Gasteiger partial charge in [0.05, 0.1) is 20.1 Å². The van der Waals surface area contributed by atoms with Gasteiger partial charge in [-0.2, -0.15) is 0 Å². The van der Waals surface area contributed by atoms with Crippen molar-refractivity contribution >= 4 is 64.8 Å². The van der Waals surface area contributed by atoms with E-state index in [2.05, 4.69) is 15.6 Å². The van der Waals surface area contributed by atoms with E-state index in [9.17, 15) is 18.0 Å². The van der Waals surface area contributed by atoms with Gasteiger partial charge in [0.15, 0.2) is 15.0 Å². The van der Waals surface area contributed by atoms with Crippen LogP contribution in [0.5, 0.6) is 0 Å². The maximum Gasteiger partial charge on any atom is 0.322 e. The number of likely N-dealkylation sites (tertiary alicyclic amines) is 1. The van der Waals surface area contributed by atoms with Crippen molar-refractivity contribution in [1.82, 2.24) is 9.88 Å². The minimum absolute atomic E-state index is 0.129. The molecule has 3 heterocycles. The summed E-state index contributed by atoms with van der Waals surface area (Å²) >= 11 is 2.71. The number of carbonyl (C=O) groups is 2. The molecule has 0 bridgehead atoms. The number of rotatable bonds is 4. The van der Waals surface area contributed by atoms with Crippen LogP contribution < -0.4 is 10.6 Å². The lowest BCUT2D eigenvalue weighted by Gasteiger charge is -2.31. The van der Waals surface area contributed by atoms with E-state index in [1.807, 2.05) is 17.5 Å². The molecule has 1 aliphatic rings. The van der Waals surface area contributed by atoms with Crippen molar-refractivity contribution in [3.05, 3.63) is 35.7 Å². The number of sulfone groups is 1. The minimum Gasteiger partial charge on any atom is -0.324 e. The lowest BCUT2D eigenvalue weighted by Crippen LogP contribution is -2.43. The fourth-order valence-electron chi connectivity index (χ4n) is 3.28. The van der Waals surface area contributed by atoms with E-state index in [1.54, 1.807) is 17.0 Å². The summed E-state index contributed by atoms with van der Waals surface area (Å²) in [5.41, 5.74) is 0.641. The standard InChI is InChI=1S/C19H20N4O4S3/c1-30(26,27)13-4-5-14-15(11-13)29-18(20-14)22-17(24)12-6-8-23(9-7-12)19(25)21-16-3-2-10-28-16/h2-5,10-12H,6-9H2,1H3,(H,21,25)(H,20,22,24). The van der Waals surface area contributed by atoms with Crippen LogP contribution in [0.4, 0.5) is 14.9 Å². The van der Waals surface area contributed by atoms with Crippen molar-refractivity contribution in [3.8, 4) is 0 Å². The Morgan fingerprint density at radius 3 is 2.60 bits per heavy atom. The van der Waals surface area contributed by atoms with Crippen LogP contribution >= 0.6 is 22.7 Å². The molecule has 0 radical (unpaired) electrons. The Labute approximate surface area is 181 Å². The number of aromatic nitrogens is 1. The molecule has 1 fully saturated rings. The summed E-state index contributed by atoms with van der Waals surface area (Å²) in [6.07, 6.45) is 2.31. The molecule has 0 unspecified atom stereocenters. The Balaban J connectivity index is 1.35. The van der Waals surface area contributed by atoms with Crippen LogP contribution in [-0.2, 0) is 14.6 Å². The summed E-state index contributed by atoms with van der Waals surface area (Å²) in [6, 6.07) is 8.30. The van der Waals surface area contributed by atoms with Crippen molar-refractivity contribution in [3.63, 3.8) is 0 Å². The molecule has 2 N–H and O–H groups in total. The summed E-state index contributed by atoms with van der Waals surface area (Å²) < 4.78 is 24.1. The molecule has 3 aromatic rings. The van der Waals surface area contributed by atoms with E-state index in [1.165, 1.54) is 28.7 Å². The first-order chi connectivity index (χ1) is 14.3. The highest BCUT2D eigenvalue weighted by molar-refractivity contribution is 7.90. The number of nitrogens with zero attached hydrogens (tertiary/aromatic N) is 2. The van der Waals surface area contributed by atoms with Crippen LogP contribution in [0.2, 0.25) is 0 Å². The lowest BCUT2D eigenvalue weighted by atomic mass is 9.96. The Morgan fingerprint density at radius 1 is 1.17 bits per heavy atom. The number of piperidine rings is 1. The monoisotopic (exact) mass is 464 g/mol. The first-order valence-corrected chi connectivity index (χ1v) is 12.9. The van der Waals surface area contributed by atoms with Gasteiger partial charge in [-0.15, -0.1) is 11.3 Å². The van der Waals surface area contributed by atoms with E-state index >= 15 is 0 Å². The highest BCUT2D eigenvalue weighted by Crippen LogP contribution is 2.29. The Kier molecular flexibility index (Phi) is 5.76. The number of hydrogen-bond donors (Lipinski definition) is 2. The number of urea groups is 1. The molecule has 8 nitrogen and oxygen atoms in total. The summed E-state index contributed by atoms with van der Waals surface area (Å²) in [5, 5.41) is 8.84. The second kappa shape index (κ2) is 8.32. The number of thiazole rings is 1. The van der Waals surface area contributed by atoms with Gasteiger partial charge < -0.3 is 10.2 Å². The lowest BCUT2D eigenvalue weighted by molar-refractivity contribution is -0.121. The predicted octanol–water partition coefficient (Wildman–Crippen LogP) is 3.64. The number of carbonyl (C=O) groups excluding carboxylic acids is 2. The maximum absolute atomic E-state index is 12.6. The largest absolute Gasteiger partial charge is 0.324 e. The fourth-order valence-corrected chi connectivity index (χ4v) is 5.51. The zero-order chi connectivity index (χ0) is 21.3. The second-order valence-corrected chi connectivity index (χ2v) is 11.1. The summed E-state index contributed by atoms with van der Waals surface area (Å²) in [7, 11) is -3.30. The van der Waals surface area contributed by atoms with Gasteiger partial charge in [-0.1, -0.05) is 11.3 Å². The van der Waals surface area contributed by atoms with Gasteiger partial charge in [0, 0.05) is 25.3 Å². The first kappa shape index (κ1) is 20.8. The number of amides is 3. The quantitative estimate of drug-likeness (QED) is 0.613. The number of anilines is 2. The molecule has 0 spiro atoms. The zero-order valence-electron chi connectivity index (χ0n) is 16.1. The van der Waals surface area contributed by atoms with Crippen molar-refractivity contribution < 1.29 is 18.0 Å². The van der Waals surface area contributed by atoms with Gasteiger partial charge in [0.25, 0.3) is 0 Å². The van der Waals surface area contributed by atoms with Gasteiger partial charge >= 0.3 is 6.03 Å².